The van der Waals surface area contributed by atoms with E-state index in [0.717, 1.165) is 29.9 Å². The molecule has 0 spiro atoms. The summed E-state index contributed by atoms with van der Waals surface area (Å²) in [5.41, 5.74) is 0.790. The molecule has 0 bridgehead atoms. The van der Waals surface area contributed by atoms with Crippen LogP contribution in [-0.4, -0.2) is 5.78 Å². The van der Waals surface area contributed by atoms with Crippen molar-refractivity contribution in [2.24, 2.45) is 5.92 Å². The van der Waals surface area contributed by atoms with Crippen LogP contribution in [-0.2, 0) is 0 Å². The maximum atomic E-state index is 11.8. The van der Waals surface area contributed by atoms with Crippen LogP contribution in [0.15, 0.2) is 54.6 Å². The van der Waals surface area contributed by atoms with Crippen LogP contribution in [0.2, 0.25) is 0 Å². The summed E-state index contributed by atoms with van der Waals surface area (Å²) in [6, 6.07) is 17.0. The standard InChI is InChI=1S/C16H14O2.H2/c17-16(12-6-7-12)13-8-10-15(11-9-13)18-14-4-2-1-3-5-14;/h1-5,8-12H,6-7H2;1H. The Labute approximate surface area is 108 Å². The second-order valence-corrected chi connectivity index (χ2v) is 4.58. The first kappa shape index (κ1) is 11.0. The highest BCUT2D eigenvalue weighted by molar-refractivity contribution is 5.99. The van der Waals surface area contributed by atoms with E-state index in [2.05, 4.69) is 0 Å². The molecule has 0 saturated heterocycles. The van der Waals surface area contributed by atoms with E-state index in [0.29, 0.717) is 0 Å². The van der Waals surface area contributed by atoms with Gasteiger partial charge in [-0.25, -0.2) is 0 Å². The molecular weight excluding hydrogens is 224 g/mol. The monoisotopic (exact) mass is 240 g/mol. The zero-order valence-electron chi connectivity index (χ0n) is 10.0. The van der Waals surface area contributed by atoms with Gasteiger partial charge < -0.3 is 4.74 Å². The minimum absolute atomic E-state index is 0. The van der Waals surface area contributed by atoms with Crippen LogP contribution < -0.4 is 4.74 Å². The van der Waals surface area contributed by atoms with Crippen LogP contribution in [0.3, 0.4) is 0 Å². The Morgan fingerprint density at radius 1 is 0.944 bits per heavy atom. The summed E-state index contributed by atoms with van der Waals surface area (Å²) in [5, 5.41) is 0. The van der Waals surface area contributed by atoms with Crippen molar-refractivity contribution >= 4 is 5.78 Å². The summed E-state index contributed by atoms with van der Waals surface area (Å²) in [6.07, 6.45) is 2.09. The summed E-state index contributed by atoms with van der Waals surface area (Å²) >= 11 is 0. The van der Waals surface area contributed by atoms with Gasteiger partial charge in [0.25, 0.3) is 0 Å². The SMILES string of the molecule is O=C(c1ccc(Oc2ccccc2)cc1)C1CC1.[HH]. The molecule has 1 aliphatic rings. The number of hydrogen-bond acceptors (Lipinski definition) is 2. The van der Waals surface area contributed by atoms with Gasteiger partial charge in [0.15, 0.2) is 5.78 Å². The molecule has 0 radical (unpaired) electrons. The molecule has 92 valence electrons. The Morgan fingerprint density at radius 3 is 2.17 bits per heavy atom. The van der Waals surface area contributed by atoms with Crippen molar-refractivity contribution in [3.05, 3.63) is 60.2 Å². The maximum absolute atomic E-state index is 11.8. The molecular formula is C16H16O2. The van der Waals surface area contributed by atoms with Gasteiger partial charge in [0.05, 0.1) is 0 Å². The van der Waals surface area contributed by atoms with E-state index in [1.165, 1.54) is 0 Å². The van der Waals surface area contributed by atoms with E-state index in [1.807, 2.05) is 54.6 Å². The van der Waals surface area contributed by atoms with Crippen LogP contribution >= 0.6 is 0 Å². The predicted octanol–water partition coefficient (Wildman–Crippen LogP) is 4.32. The Hall–Kier alpha value is -2.09. The molecule has 2 nitrogen and oxygen atoms in total. The number of rotatable bonds is 4. The van der Waals surface area contributed by atoms with E-state index in [4.69, 9.17) is 4.74 Å². The largest absolute Gasteiger partial charge is 0.457 e. The topological polar surface area (TPSA) is 26.3 Å². The number of para-hydroxylation sites is 1. The Kier molecular flexibility index (Phi) is 2.85. The first-order chi connectivity index (χ1) is 8.83. The number of carbonyl (C=O) groups excluding carboxylic acids is 1. The molecule has 0 aliphatic heterocycles. The van der Waals surface area contributed by atoms with E-state index in [1.54, 1.807) is 0 Å². The zero-order valence-corrected chi connectivity index (χ0v) is 10.0. The minimum Gasteiger partial charge on any atom is -0.457 e. The lowest BCUT2D eigenvalue weighted by molar-refractivity contribution is 0.0967. The molecule has 0 amide bonds. The molecule has 0 aromatic heterocycles. The summed E-state index contributed by atoms with van der Waals surface area (Å²) < 4.78 is 5.68. The van der Waals surface area contributed by atoms with E-state index in [9.17, 15) is 4.79 Å². The Morgan fingerprint density at radius 2 is 1.56 bits per heavy atom. The number of hydrogen-bond donors (Lipinski definition) is 0. The average Bonchev–Trinajstić information content (AvgIpc) is 3.24. The zero-order chi connectivity index (χ0) is 12.4. The van der Waals surface area contributed by atoms with Crippen molar-refractivity contribution in [1.29, 1.82) is 0 Å². The van der Waals surface area contributed by atoms with Gasteiger partial charge >= 0.3 is 0 Å². The molecule has 1 saturated carbocycles. The normalized spacial score (nSPS) is 14.2. The third-order valence-corrected chi connectivity index (χ3v) is 3.07. The number of Topliss-reactive ketones (excluding diaryl/α,β-unsaturated/α-hetero) is 1. The van der Waals surface area contributed by atoms with Gasteiger partial charge in [0, 0.05) is 12.9 Å². The summed E-state index contributed by atoms with van der Waals surface area (Å²) in [5.74, 6) is 2.10. The molecule has 1 aliphatic carbocycles. The van der Waals surface area contributed by atoms with Gasteiger partial charge in [-0.3, -0.25) is 4.79 Å². The quantitative estimate of drug-likeness (QED) is 0.744. The van der Waals surface area contributed by atoms with Crippen LogP contribution in [0, 0.1) is 5.92 Å². The molecule has 0 atom stereocenters. The van der Waals surface area contributed by atoms with Gasteiger partial charge in [-0.1, -0.05) is 18.2 Å². The highest BCUT2D eigenvalue weighted by atomic mass is 16.5. The van der Waals surface area contributed by atoms with Gasteiger partial charge in [0.1, 0.15) is 11.5 Å². The fourth-order valence-electron chi connectivity index (χ4n) is 1.89. The molecule has 0 heterocycles. The molecule has 0 unspecified atom stereocenters. The van der Waals surface area contributed by atoms with Gasteiger partial charge in [-0.05, 0) is 49.2 Å². The maximum Gasteiger partial charge on any atom is 0.165 e. The van der Waals surface area contributed by atoms with E-state index >= 15 is 0 Å². The first-order valence-corrected chi connectivity index (χ1v) is 6.20. The van der Waals surface area contributed by atoms with Crippen molar-refractivity contribution in [3.63, 3.8) is 0 Å². The first-order valence-electron chi connectivity index (χ1n) is 6.20. The van der Waals surface area contributed by atoms with Gasteiger partial charge in [-0.15, -0.1) is 0 Å². The molecule has 2 heteroatoms. The lowest BCUT2D eigenvalue weighted by Crippen LogP contribution is -2.00. The van der Waals surface area contributed by atoms with Gasteiger partial charge in [-0.2, -0.15) is 0 Å². The van der Waals surface area contributed by atoms with Crippen molar-refractivity contribution in [1.82, 2.24) is 0 Å². The molecule has 18 heavy (non-hydrogen) atoms. The molecule has 2 aromatic carbocycles. The smallest absolute Gasteiger partial charge is 0.165 e. The average molecular weight is 240 g/mol. The molecule has 1 fully saturated rings. The Bertz CT molecular complexity index is 545. The number of carbonyl (C=O) groups is 1. The van der Waals surface area contributed by atoms with Crippen molar-refractivity contribution < 1.29 is 11.0 Å². The minimum atomic E-state index is 0. The third-order valence-electron chi connectivity index (χ3n) is 3.07. The number of ketones is 1. The summed E-state index contributed by atoms with van der Waals surface area (Å²) in [6.45, 7) is 0. The second kappa shape index (κ2) is 4.65. The van der Waals surface area contributed by atoms with Crippen molar-refractivity contribution in [2.45, 2.75) is 12.8 Å². The molecule has 2 aromatic rings. The lowest BCUT2D eigenvalue weighted by atomic mass is 10.1. The van der Waals surface area contributed by atoms with Crippen LogP contribution in [0.4, 0.5) is 0 Å². The van der Waals surface area contributed by atoms with E-state index < -0.39 is 0 Å². The number of benzene rings is 2. The van der Waals surface area contributed by atoms with Crippen LogP contribution in [0.1, 0.15) is 24.6 Å². The third kappa shape index (κ3) is 2.43. The predicted molar refractivity (Wildman–Crippen MR) is 72.1 cm³/mol. The second-order valence-electron chi connectivity index (χ2n) is 4.58. The lowest BCUT2D eigenvalue weighted by Gasteiger charge is -2.06. The fourth-order valence-corrected chi connectivity index (χ4v) is 1.89. The Balaban J connectivity index is 0.00000133. The van der Waals surface area contributed by atoms with Crippen molar-refractivity contribution in [3.8, 4) is 11.5 Å². The fraction of sp³-hybridized carbons (Fsp3) is 0.188. The van der Waals surface area contributed by atoms with Crippen molar-refractivity contribution in [2.75, 3.05) is 0 Å². The summed E-state index contributed by atoms with van der Waals surface area (Å²) in [4.78, 5) is 11.8. The highest BCUT2D eigenvalue weighted by Crippen LogP contribution is 2.33. The van der Waals surface area contributed by atoms with E-state index in [-0.39, 0.29) is 13.1 Å². The van der Waals surface area contributed by atoms with Crippen LogP contribution in [0.25, 0.3) is 0 Å². The highest BCUT2D eigenvalue weighted by Gasteiger charge is 2.30. The molecule has 0 N–H and O–H groups in total. The summed E-state index contributed by atoms with van der Waals surface area (Å²) in [7, 11) is 0. The van der Waals surface area contributed by atoms with Crippen LogP contribution in [0.5, 0.6) is 11.5 Å². The number of ether oxygens (including phenoxy) is 1. The molecule has 3 rings (SSSR count). The van der Waals surface area contributed by atoms with Gasteiger partial charge in [0.2, 0.25) is 0 Å².